The molecular weight excluding hydrogens is 406 g/mol. The maximum atomic E-state index is 13.0. The zero-order chi connectivity index (χ0) is 22.0. The molecule has 0 fully saturated rings. The minimum atomic E-state index is -0.765. The number of aromatic nitrogens is 2. The molecule has 0 saturated heterocycles. The summed E-state index contributed by atoms with van der Waals surface area (Å²) in [4.78, 5) is 29.7. The fraction of sp³-hybridized carbons (Fsp3) is 0.476. The summed E-state index contributed by atoms with van der Waals surface area (Å²) in [5.74, 6) is 0.655. The first-order valence-electron chi connectivity index (χ1n) is 9.91. The number of benzene rings is 1. The number of nitrogens with zero attached hydrogens (tertiary/aromatic N) is 2. The lowest BCUT2D eigenvalue weighted by molar-refractivity contribution is -0.130. The number of carbonyl (C=O) groups excluding carboxylic acids is 1. The summed E-state index contributed by atoms with van der Waals surface area (Å²) < 4.78 is 12.5. The molecule has 30 heavy (non-hydrogen) atoms. The summed E-state index contributed by atoms with van der Waals surface area (Å²) in [5.41, 5.74) is 1.23. The lowest BCUT2D eigenvalue weighted by Crippen LogP contribution is -2.42. The zero-order valence-electron chi connectivity index (χ0n) is 17.7. The molecule has 9 heteroatoms. The van der Waals surface area contributed by atoms with Crippen molar-refractivity contribution in [2.75, 3.05) is 20.8 Å². The van der Waals surface area contributed by atoms with Crippen molar-refractivity contribution >= 4 is 18.1 Å². The van der Waals surface area contributed by atoms with E-state index < -0.39 is 11.6 Å². The molecule has 1 aromatic heterocycles. The number of unbranched alkanes of at least 4 members (excludes halogenated alkanes) is 1. The molecular formula is C21H27N3O5S. The summed E-state index contributed by atoms with van der Waals surface area (Å²) in [6.45, 7) is 4.36. The first kappa shape index (κ1) is 21.9. The van der Waals surface area contributed by atoms with Gasteiger partial charge in [0.05, 0.1) is 20.3 Å². The van der Waals surface area contributed by atoms with Crippen molar-refractivity contribution in [1.82, 2.24) is 14.5 Å². The molecule has 1 unspecified atom stereocenters. The highest BCUT2D eigenvalue weighted by Gasteiger charge is 2.36. The normalized spacial score (nSPS) is 15.6. The molecule has 8 nitrogen and oxygen atoms in total. The Labute approximate surface area is 180 Å². The first-order valence-corrected chi connectivity index (χ1v) is 10.3. The van der Waals surface area contributed by atoms with E-state index in [-0.39, 0.29) is 22.1 Å². The van der Waals surface area contributed by atoms with Crippen LogP contribution in [0.4, 0.5) is 0 Å². The fourth-order valence-electron chi connectivity index (χ4n) is 3.94. The monoisotopic (exact) mass is 433 g/mol. The molecule has 0 spiro atoms. The van der Waals surface area contributed by atoms with Gasteiger partial charge in [0.25, 0.3) is 5.56 Å². The second-order valence-electron chi connectivity index (χ2n) is 7.27. The van der Waals surface area contributed by atoms with Gasteiger partial charge in [-0.05, 0) is 48.3 Å². The minimum Gasteiger partial charge on any atom is -0.494 e. The Morgan fingerprint density at radius 1 is 1.30 bits per heavy atom. The molecule has 2 aromatic rings. The van der Waals surface area contributed by atoms with Gasteiger partial charge in [0.2, 0.25) is 11.8 Å². The highest BCUT2D eigenvalue weighted by atomic mass is 32.1. The van der Waals surface area contributed by atoms with Gasteiger partial charge in [-0.3, -0.25) is 19.1 Å². The van der Waals surface area contributed by atoms with Gasteiger partial charge in [-0.2, -0.15) is 0 Å². The quantitative estimate of drug-likeness (QED) is 0.680. The maximum absolute atomic E-state index is 13.0. The van der Waals surface area contributed by atoms with Crippen LogP contribution in [-0.4, -0.2) is 46.2 Å². The third-order valence-corrected chi connectivity index (χ3v) is 5.82. The molecule has 0 radical (unpaired) electrons. The third kappa shape index (κ3) is 3.81. The smallest absolute Gasteiger partial charge is 0.261 e. The van der Waals surface area contributed by atoms with Crippen molar-refractivity contribution in [3.05, 3.63) is 43.9 Å². The molecule has 1 aromatic carbocycles. The van der Waals surface area contributed by atoms with Crippen LogP contribution in [0.25, 0.3) is 0 Å². The Bertz CT molecular complexity index is 1080. The predicted molar refractivity (Wildman–Crippen MR) is 115 cm³/mol. The van der Waals surface area contributed by atoms with E-state index >= 15 is 0 Å². The van der Waals surface area contributed by atoms with E-state index in [9.17, 15) is 14.7 Å². The number of H-pyrrole nitrogens is 1. The van der Waals surface area contributed by atoms with E-state index in [1.54, 1.807) is 18.1 Å². The summed E-state index contributed by atoms with van der Waals surface area (Å²) in [6.07, 6.45) is 2.29. The average molecular weight is 434 g/mol. The Hall–Kier alpha value is -2.81. The van der Waals surface area contributed by atoms with Crippen LogP contribution in [-0.2, 0) is 17.8 Å². The van der Waals surface area contributed by atoms with Gasteiger partial charge in [-0.25, -0.2) is 0 Å². The summed E-state index contributed by atoms with van der Waals surface area (Å²) in [6, 6.07) is 2.86. The molecule has 2 heterocycles. The van der Waals surface area contributed by atoms with E-state index in [0.29, 0.717) is 36.6 Å². The van der Waals surface area contributed by atoms with Crippen LogP contribution >= 0.6 is 12.2 Å². The lowest BCUT2D eigenvalue weighted by atomic mass is 9.88. The molecule has 0 bridgehead atoms. The number of fused-ring (bicyclic) bond motifs is 1. The Kier molecular flexibility index (Phi) is 6.50. The standard InChI is InChI=1S/C21H27N3O5S/c1-5-6-8-24-20(27)17(19(26)22-21(24)30)18-14-11-16(29-4)15(28-3)10-13(14)7-9-23(18)12(2)25/h10-11,18,27H,5-9H2,1-4H3,(H,22,26,30). The number of ether oxygens (including phenoxy) is 2. The van der Waals surface area contributed by atoms with Crippen molar-refractivity contribution in [2.45, 2.75) is 45.7 Å². The van der Waals surface area contributed by atoms with Gasteiger partial charge in [0.15, 0.2) is 16.3 Å². The number of carbonyl (C=O) groups is 1. The van der Waals surface area contributed by atoms with E-state index in [0.717, 1.165) is 18.4 Å². The van der Waals surface area contributed by atoms with Crippen LogP contribution in [0.15, 0.2) is 16.9 Å². The van der Waals surface area contributed by atoms with Crippen LogP contribution in [0.1, 0.15) is 49.4 Å². The number of aromatic hydroxyl groups is 1. The van der Waals surface area contributed by atoms with E-state index in [1.165, 1.54) is 18.6 Å². The molecule has 3 rings (SSSR count). The number of amides is 1. The van der Waals surface area contributed by atoms with E-state index in [4.69, 9.17) is 21.7 Å². The Balaban J connectivity index is 2.29. The first-order chi connectivity index (χ1) is 14.3. The van der Waals surface area contributed by atoms with Crippen molar-refractivity contribution in [1.29, 1.82) is 0 Å². The molecule has 1 aliphatic heterocycles. The fourth-order valence-corrected chi connectivity index (χ4v) is 4.21. The molecule has 1 aliphatic rings. The zero-order valence-corrected chi connectivity index (χ0v) is 18.5. The second-order valence-corrected chi connectivity index (χ2v) is 7.66. The van der Waals surface area contributed by atoms with Crippen LogP contribution in [0.3, 0.4) is 0 Å². The van der Waals surface area contributed by atoms with Crippen LogP contribution in [0.2, 0.25) is 0 Å². The van der Waals surface area contributed by atoms with Gasteiger partial charge in [0.1, 0.15) is 5.56 Å². The average Bonchev–Trinajstić information content (AvgIpc) is 2.72. The largest absolute Gasteiger partial charge is 0.494 e. The van der Waals surface area contributed by atoms with Crippen LogP contribution in [0.5, 0.6) is 17.4 Å². The predicted octanol–water partition coefficient (Wildman–Crippen LogP) is 2.92. The summed E-state index contributed by atoms with van der Waals surface area (Å²) in [5, 5.41) is 11.1. The highest BCUT2D eigenvalue weighted by Crippen LogP contribution is 2.42. The number of nitrogens with one attached hydrogen (secondary N) is 1. The molecule has 0 aliphatic carbocycles. The van der Waals surface area contributed by atoms with Gasteiger partial charge < -0.3 is 19.5 Å². The summed E-state index contributed by atoms with van der Waals surface area (Å²) in [7, 11) is 3.09. The molecule has 1 amide bonds. The van der Waals surface area contributed by atoms with Gasteiger partial charge in [0, 0.05) is 20.0 Å². The lowest BCUT2D eigenvalue weighted by Gasteiger charge is -2.37. The van der Waals surface area contributed by atoms with Gasteiger partial charge in [-0.15, -0.1) is 0 Å². The number of hydrogen-bond acceptors (Lipinski definition) is 6. The van der Waals surface area contributed by atoms with E-state index in [2.05, 4.69) is 4.98 Å². The minimum absolute atomic E-state index is 0.100. The van der Waals surface area contributed by atoms with Crippen LogP contribution in [0, 0.1) is 4.77 Å². The van der Waals surface area contributed by atoms with Gasteiger partial charge >= 0.3 is 0 Å². The topological polar surface area (TPSA) is 96.8 Å². The maximum Gasteiger partial charge on any atom is 0.261 e. The summed E-state index contributed by atoms with van der Waals surface area (Å²) >= 11 is 5.26. The van der Waals surface area contributed by atoms with Crippen molar-refractivity contribution in [3.8, 4) is 17.4 Å². The third-order valence-electron chi connectivity index (χ3n) is 5.49. The molecule has 162 valence electrons. The molecule has 1 atom stereocenters. The number of rotatable bonds is 6. The van der Waals surface area contributed by atoms with E-state index in [1.807, 2.05) is 13.0 Å². The van der Waals surface area contributed by atoms with Crippen molar-refractivity contribution < 1.29 is 19.4 Å². The SMILES string of the molecule is CCCCn1c(O)c(C2c3cc(OC)c(OC)cc3CCN2C(C)=O)c(=O)[nH]c1=S. The molecule has 2 N–H and O–H groups in total. The Morgan fingerprint density at radius 3 is 2.57 bits per heavy atom. The van der Waals surface area contributed by atoms with Crippen molar-refractivity contribution in [2.24, 2.45) is 0 Å². The number of methoxy groups -OCH3 is 2. The molecule has 0 saturated carbocycles. The van der Waals surface area contributed by atoms with Crippen LogP contribution < -0.4 is 15.0 Å². The van der Waals surface area contributed by atoms with Gasteiger partial charge in [-0.1, -0.05) is 13.3 Å². The van der Waals surface area contributed by atoms with Crippen molar-refractivity contribution in [3.63, 3.8) is 0 Å². The highest BCUT2D eigenvalue weighted by molar-refractivity contribution is 7.71. The number of aromatic amines is 1. The second kappa shape index (κ2) is 8.91. The Morgan fingerprint density at radius 2 is 1.97 bits per heavy atom. The number of hydrogen-bond donors (Lipinski definition) is 2.